The Labute approximate surface area is 164 Å². The minimum atomic E-state index is -0.722. The van der Waals surface area contributed by atoms with Crippen molar-refractivity contribution in [2.75, 3.05) is 20.1 Å². The van der Waals surface area contributed by atoms with E-state index in [2.05, 4.69) is 21.9 Å². The molecule has 2 aromatic heterocycles. The predicted molar refractivity (Wildman–Crippen MR) is 103 cm³/mol. The number of likely N-dealkylation sites (N-methyl/N-ethyl adjacent to an activating group) is 1. The van der Waals surface area contributed by atoms with E-state index in [-0.39, 0.29) is 18.5 Å². The molecule has 0 saturated carbocycles. The highest BCUT2D eigenvalue weighted by atomic mass is 16.2. The number of hydrogen-bond donors (Lipinski definition) is 0. The van der Waals surface area contributed by atoms with Gasteiger partial charge in [-0.25, -0.2) is 4.79 Å². The lowest BCUT2D eigenvalue weighted by atomic mass is 9.86. The molecule has 0 unspecified atom stereocenters. The topological polar surface area (TPSA) is 74.6 Å². The number of aryl methyl sites for hydroxylation is 1. The zero-order valence-electron chi connectivity index (χ0n) is 16.6. The lowest BCUT2D eigenvalue weighted by Gasteiger charge is -2.40. The minimum absolute atomic E-state index is 0.0824. The first-order valence-corrected chi connectivity index (χ1v) is 9.61. The van der Waals surface area contributed by atoms with E-state index < -0.39 is 5.54 Å². The Morgan fingerprint density at radius 2 is 1.86 bits per heavy atom. The molecule has 4 heterocycles. The van der Waals surface area contributed by atoms with Gasteiger partial charge in [0.2, 0.25) is 0 Å². The smallest absolute Gasteiger partial charge is 0.312 e. The number of carbonyl (C=O) groups is 2. The number of imide groups is 1. The zero-order chi connectivity index (χ0) is 19.9. The summed E-state index contributed by atoms with van der Waals surface area (Å²) in [5, 5.41) is 4.31. The molecule has 3 amide bonds. The summed E-state index contributed by atoms with van der Waals surface area (Å²) >= 11 is 0. The number of amides is 3. The number of aromatic nitrogens is 3. The van der Waals surface area contributed by atoms with E-state index in [0.717, 1.165) is 30.9 Å². The van der Waals surface area contributed by atoms with Gasteiger partial charge < -0.3 is 4.90 Å². The van der Waals surface area contributed by atoms with Crippen LogP contribution in [0.4, 0.5) is 4.79 Å². The van der Waals surface area contributed by atoms with Crippen LogP contribution in [-0.2, 0) is 24.9 Å². The number of likely N-dealkylation sites (tertiary alicyclic amines) is 1. The van der Waals surface area contributed by atoms with Crippen molar-refractivity contribution in [3.05, 3.63) is 47.5 Å². The van der Waals surface area contributed by atoms with Crippen LogP contribution < -0.4 is 0 Å². The molecule has 1 spiro atoms. The Morgan fingerprint density at radius 3 is 2.46 bits per heavy atom. The first kappa shape index (κ1) is 18.6. The number of rotatable bonds is 4. The third-order valence-electron chi connectivity index (χ3n) is 6.28. The molecular weight excluding hydrogens is 356 g/mol. The molecule has 4 rings (SSSR count). The summed E-state index contributed by atoms with van der Waals surface area (Å²) < 4.78 is 1.88. The minimum Gasteiger partial charge on any atom is -0.312 e. The second-order valence-corrected chi connectivity index (χ2v) is 7.78. The SMILES string of the molecule is Cc1c(CN2CCC3(CC2)C(=O)N(Cc2cccnc2)C(=O)N3C)cnn1C. The summed E-state index contributed by atoms with van der Waals surface area (Å²) in [4.78, 5) is 35.5. The third-order valence-corrected chi connectivity index (χ3v) is 6.28. The second-order valence-electron chi connectivity index (χ2n) is 7.78. The molecule has 0 N–H and O–H groups in total. The molecule has 2 fully saturated rings. The van der Waals surface area contributed by atoms with E-state index in [1.54, 1.807) is 24.3 Å². The molecular formula is C20H26N6O2. The number of pyridine rings is 1. The average Bonchev–Trinajstić information content (AvgIpc) is 3.11. The van der Waals surface area contributed by atoms with Crippen LogP contribution in [0.5, 0.6) is 0 Å². The van der Waals surface area contributed by atoms with E-state index in [1.807, 2.05) is 30.1 Å². The largest absolute Gasteiger partial charge is 0.327 e. The first-order valence-electron chi connectivity index (χ1n) is 9.61. The molecule has 28 heavy (non-hydrogen) atoms. The lowest BCUT2D eigenvalue weighted by Crippen LogP contribution is -2.55. The number of hydrogen-bond acceptors (Lipinski definition) is 5. The van der Waals surface area contributed by atoms with E-state index in [0.29, 0.717) is 12.8 Å². The fraction of sp³-hybridized carbons (Fsp3) is 0.500. The summed E-state index contributed by atoms with van der Waals surface area (Å²) in [5.74, 6) is -0.0824. The summed E-state index contributed by atoms with van der Waals surface area (Å²) in [7, 11) is 3.70. The Balaban J connectivity index is 1.46. The van der Waals surface area contributed by atoms with Gasteiger partial charge in [-0.2, -0.15) is 5.10 Å². The highest BCUT2D eigenvalue weighted by Crippen LogP contribution is 2.37. The number of carbonyl (C=O) groups excluding carboxylic acids is 2. The lowest BCUT2D eigenvalue weighted by molar-refractivity contribution is -0.135. The molecule has 2 aliphatic rings. The van der Waals surface area contributed by atoms with Gasteiger partial charge in [0.25, 0.3) is 5.91 Å². The van der Waals surface area contributed by atoms with E-state index >= 15 is 0 Å². The van der Waals surface area contributed by atoms with Crippen molar-refractivity contribution in [1.29, 1.82) is 0 Å². The van der Waals surface area contributed by atoms with Gasteiger partial charge in [0.1, 0.15) is 5.54 Å². The van der Waals surface area contributed by atoms with Gasteiger partial charge in [-0.1, -0.05) is 6.07 Å². The standard InChI is InChI=1S/C20H26N6O2/c1-15-17(12-22-24(15)3)14-25-9-6-20(7-10-25)18(27)26(19(28)23(20)2)13-16-5-4-8-21-11-16/h4-5,8,11-12H,6-7,9-10,13-14H2,1-3H3. The molecule has 8 heteroatoms. The molecule has 2 saturated heterocycles. The van der Waals surface area contributed by atoms with Crippen LogP contribution in [0.1, 0.15) is 29.7 Å². The Kier molecular flexibility index (Phi) is 4.66. The fourth-order valence-electron chi connectivity index (χ4n) is 4.23. The van der Waals surface area contributed by atoms with Crippen LogP contribution in [0.2, 0.25) is 0 Å². The van der Waals surface area contributed by atoms with Crippen molar-refractivity contribution >= 4 is 11.9 Å². The maximum Gasteiger partial charge on any atom is 0.327 e. The molecule has 2 aromatic rings. The molecule has 8 nitrogen and oxygen atoms in total. The van der Waals surface area contributed by atoms with Crippen molar-refractivity contribution in [1.82, 2.24) is 29.5 Å². The van der Waals surface area contributed by atoms with Crippen molar-refractivity contribution in [3.8, 4) is 0 Å². The molecule has 0 aromatic carbocycles. The third kappa shape index (κ3) is 2.97. The van der Waals surface area contributed by atoms with Crippen LogP contribution >= 0.6 is 0 Å². The molecule has 0 bridgehead atoms. The molecule has 2 aliphatic heterocycles. The van der Waals surface area contributed by atoms with Crippen LogP contribution in [0.25, 0.3) is 0 Å². The molecule has 0 atom stereocenters. The van der Waals surface area contributed by atoms with Crippen LogP contribution in [0.3, 0.4) is 0 Å². The van der Waals surface area contributed by atoms with Crippen molar-refractivity contribution in [3.63, 3.8) is 0 Å². The predicted octanol–water partition coefficient (Wildman–Crippen LogP) is 1.55. The van der Waals surface area contributed by atoms with Gasteiger partial charge >= 0.3 is 6.03 Å². The number of piperidine rings is 1. The van der Waals surface area contributed by atoms with Crippen molar-refractivity contribution in [2.45, 2.75) is 38.4 Å². The van der Waals surface area contributed by atoms with Gasteiger partial charge in [-0.15, -0.1) is 0 Å². The van der Waals surface area contributed by atoms with E-state index in [1.165, 1.54) is 10.5 Å². The van der Waals surface area contributed by atoms with Crippen LogP contribution in [0.15, 0.2) is 30.7 Å². The first-order chi connectivity index (χ1) is 13.4. The van der Waals surface area contributed by atoms with Crippen molar-refractivity contribution in [2.24, 2.45) is 7.05 Å². The molecule has 148 valence electrons. The monoisotopic (exact) mass is 382 g/mol. The highest BCUT2D eigenvalue weighted by molar-refractivity contribution is 6.06. The maximum absolute atomic E-state index is 13.2. The van der Waals surface area contributed by atoms with E-state index in [9.17, 15) is 9.59 Å². The second kappa shape index (κ2) is 7.01. The average molecular weight is 382 g/mol. The molecule has 0 aliphatic carbocycles. The summed E-state index contributed by atoms with van der Waals surface area (Å²) in [6.07, 6.45) is 6.59. The van der Waals surface area contributed by atoms with Gasteiger partial charge in [0, 0.05) is 57.4 Å². The Morgan fingerprint density at radius 1 is 1.11 bits per heavy atom. The van der Waals surface area contributed by atoms with E-state index in [4.69, 9.17) is 0 Å². The number of nitrogens with zero attached hydrogens (tertiary/aromatic N) is 6. The Bertz CT molecular complexity index is 885. The van der Waals surface area contributed by atoms with Gasteiger partial charge in [-0.05, 0) is 31.4 Å². The number of urea groups is 1. The fourth-order valence-corrected chi connectivity index (χ4v) is 4.23. The molecule has 0 radical (unpaired) electrons. The Hall–Kier alpha value is -2.74. The highest BCUT2D eigenvalue weighted by Gasteiger charge is 2.56. The summed E-state index contributed by atoms with van der Waals surface area (Å²) in [5.41, 5.74) is 2.50. The summed E-state index contributed by atoms with van der Waals surface area (Å²) in [6.45, 7) is 4.71. The quantitative estimate of drug-likeness (QED) is 0.750. The summed E-state index contributed by atoms with van der Waals surface area (Å²) in [6, 6.07) is 3.49. The normalized spacial score (nSPS) is 19.8. The van der Waals surface area contributed by atoms with Crippen molar-refractivity contribution < 1.29 is 9.59 Å². The van der Waals surface area contributed by atoms with Crippen LogP contribution in [0, 0.1) is 6.92 Å². The van der Waals surface area contributed by atoms with Gasteiger partial charge in [0.15, 0.2) is 0 Å². The van der Waals surface area contributed by atoms with Gasteiger partial charge in [-0.3, -0.25) is 24.3 Å². The zero-order valence-corrected chi connectivity index (χ0v) is 16.6. The maximum atomic E-state index is 13.2. The van der Waals surface area contributed by atoms with Crippen LogP contribution in [-0.4, -0.2) is 67.1 Å². The van der Waals surface area contributed by atoms with Gasteiger partial charge in [0.05, 0.1) is 12.7 Å².